The van der Waals surface area contributed by atoms with Gasteiger partial charge in [0.15, 0.2) is 0 Å². The highest BCUT2D eigenvalue weighted by Crippen LogP contribution is 2.13. The van der Waals surface area contributed by atoms with Crippen LogP contribution in [0.15, 0.2) is 22.6 Å². The third-order valence-corrected chi connectivity index (χ3v) is 3.36. The molecule has 0 saturated heterocycles. The second kappa shape index (κ2) is 4.87. The molecule has 1 rings (SSSR count). The lowest BCUT2D eigenvalue weighted by atomic mass is 10.1. The lowest BCUT2D eigenvalue weighted by molar-refractivity contribution is 0.618. The van der Waals surface area contributed by atoms with Gasteiger partial charge in [0.2, 0.25) is 0 Å². The van der Waals surface area contributed by atoms with Crippen molar-refractivity contribution < 1.29 is 8.60 Å². The summed E-state index contributed by atoms with van der Waals surface area (Å²) in [5.74, 6) is -0.273. The van der Waals surface area contributed by atoms with E-state index in [4.69, 9.17) is 0 Å². The van der Waals surface area contributed by atoms with E-state index < -0.39 is 11.0 Å². The minimum absolute atomic E-state index is 0.273. The van der Waals surface area contributed by atoms with Gasteiger partial charge in [0.25, 0.3) is 0 Å². The van der Waals surface area contributed by atoms with Crippen LogP contribution < -0.4 is 0 Å². The van der Waals surface area contributed by atoms with Crippen molar-refractivity contribution in [1.29, 1.82) is 0 Å². The second-order valence-electron chi connectivity index (χ2n) is 4.60. The molecular formula is C12H16FNOS. The van der Waals surface area contributed by atoms with Gasteiger partial charge in [-0.25, -0.2) is 8.60 Å². The fourth-order valence-electron chi connectivity index (χ4n) is 0.956. The van der Waals surface area contributed by atoms with Crippen molar-refractivity contribution in [3.8, 4) is 0 Å². The fourth-order valence-corrected chi connectivity index (χ4v) is 1.49. The summed E-state index contributed by atoms with van der Waals surface area (Å²) in [6.45, 7) is 7.23. The van der Waals surface area contributed by atoms with E-state index in [1.54, 1.807) is 19.1 Å². The first kappa shape index (κ1) is 13.0. The molecule has 0 fully saturated rings. The lowest BCUT2D eigenvalue weighted by Gasteiger charge is -2.12. The van der Waals surface area contributed by atoms with Gasteiger partial charge >= 0.3 is 0 Å². The SMILES string of the molecule is Cc1ccc(/C=N/[S@@](=O)C(C)(C)C)cc1F. The topological polar surface area (TPSA) is 29.4 Å². The average molecular weight is 241 g/mol. The molecule has 0 heterocycles. The molecule has 2 nitrogen and oxygen atoms in total. The summed E-state index contributed by atoms with van der Waals surface area (Å²) in [7, 11) is -1.30. The molecule has 1 aromatic rings. The molecule has 0 bridgehead atoms. The van der Waals surface area contributed by atoms with Gasteiger partial charge in [-0.15, -0.1) is 0 Å². The highest BCUT2D eigenvalue weighted by molar-refractivity contribution is 7.85. The van der Waals surface area contributed by atoms with E-state index in [1.165, 1.54) is 12.3 Å². The Morgan fingerprint density at radius 2 is 2.00 bits per heavy atom. The second-order valence-corrected chi connectivity index (χ2v) is 6.54. The predicted octanol–water partition coefficient (Wildman–Crippen LogP) is 3.02. The van der Waals surface area contributed by atoms with Crippen molar-refractivity contribution in [3.05, 3.63) is 35.1 Å². The first-order valence-corrected chi connectivity index (χ1v) is 6.13. The van der Waals surface area contributed by atoms with E-state index >= 15 is 0 Å². The minimum Gasteiger partial charge on any atom is -0.234 e. The molecule has 0 spiro atoms. The number of rotatable bonds is 2. The summed E-state index contributed by atoms with van der Waals surface area (Å²) in [6.07, 6.45) is 1.45. The number of nitrogens with zero attached hydrogens (tertiary/aromatic N) is 1. The summed E-state index contributed by atoms with van der Waals surface area (Å²) in [5, 5.41) is 0. The summed E-state index contributed by atoms with van der Waals surface area (Å²) in [5.41, 5.74) is 1.22. The molecule has 0 aliphatic heterocycles. The van der Waals surface area contributed by atoms with E-state index in [2.05, 4.69) is 4.40 Å². The van der Waals surface area contributed by atoms with Gasteiger partial charge in [0.05, 0.1) is 4.75 Å². The average Bonchev–Trinajstić information content (AvgIpc) is 2.18. The Kier molecular flexibility index (Phi) is 3.97. The van der Waals surface area contributed by atoms with Crippen LogP contribution in [-0.2, 0) is 11.0 Å². The van der Waals surface area contributed by atoms with E-state index in [-0.39, 0.29) is 10.6 Å². The molecule has 0 saturated carbocycles. The van der Waals surface area contributed by atoms with Crippen molar-refractivity contribution in [1.82, 2.24) is 0 Å². The van der Waals surface area contributed by atoms with Crippen LogP contribution in [0.3, 0.4) is 0 Å². The van der Waals surface area contributed by atoms with E-state index in [9.17, 15) is 8.60 Å². The van der Waals surface area contributed by atoms with Crippen molar-refractivity contribution in [2.24, 2.45) is 4.40 Å². The van der Waals surface area contributed by atoms with E-state index in [0.29, 0.717) is 11.1 Å². The van der Waals surface area contributed by atoms with E-state index in [0.717, 1.165) is 0 Å². The summed E-state index contributed by atoms with van der Waals surface area (Å²) >= 11 is 0. The van der Waals surface area contributed by atoms with E-state index in [1.807, 2.05) is 20.8 Å². The van der Waals surface area contributed by atoms with Crippen LogP contribution in [0, 0.1) is 12.7 Å². The summed E-state index contributed by atoms with van der Waals surface area (Å²) in [6, 6.07) is 4.82. The quantitative estimate of drug-likeness (QED) is 0.732. The van der Waals surface area contributed by atoms with Gasteiger partial charge in [0, 0.05) is 6.21 Å². The monoisotopic (exact) mass is 241 g/mol. The standard InChI is InChI=1S/C12H16FNOS/c1-9-5-6-10(7-11(9)13)8-14-16(15)12(2,3)4/h5-8H,1-4H3/b14-8+/t16-/m0/s1. The molecule has 1 aromatic carbocycles. The Balaban J connectivity index is 2.85. The molecule has 0 aliphatic rings. The largest absolute Gasteiger partial charge is 0.234 e. The zero-order chi connectivity index (χ0) is 12.3. The summed E-state index contributed by atoms with van der Waals surface area (Å²) < 4.78 is 28.3. The maximum Gasteiger partial charge on any atom is 0.144 e. The zero-order valence-corrected chi connectivity index (χ0v) is 10.8. The molecule has 16 heavy (non-hydrogen) atoms. The number of halogens is 1. The first-order valence-electron chi connectivity index (χ1n) is 5.03. The predicted molar refractivity (Wildman–Crippen MR) is 66.6 cm³/mol. The molecule has 0 N–H and O–H groups in total. The Labute approximate surface area is 98.2 Å². The maximum atomic E-state index is 13.2. The third kappa shape index (κ3) is 3.52. The number of hydrogen-bond donors (Lipinski definition) is 0. The third-order valence-electron chi connectivity index (χ3n) is 2.02. The molecule has 0 unspecified atom stereocenters. The molecule has 0 radical (unpaired) electrons. The van der Waals surface area contributed by atoms with Crippen LogP contribution in [0.1, 0.15) is 31.9 Å². The van der Waals surface area contributed by atoms with Gasteiger partial charge < -0.3 is 0 Å². The number of benzene rings is 1. The van der Waals surface area contributed by atoms with Crippen molar-refractivity contribution >= 4 is 17.2 Å². The fraction of sp³-hybridized carbons (Fsp3) is 0.417. The molecule has 0 aliphatic carbocycles. The van der Waals surface area contributed by atoms with Crippen LogP contribution >= 0.6 is 0 Å². The van der Waals surface area contributed by atoms with Crippen LogP contribution in [0.4, 0.5) is 4.39 Å². The smallest absolute Gasteiger partial charge is 0.144 e. The maximum absolute atomic E-state index is 13.2. The Hall–Kier alpha value is -1.03. The molecule has 4 heteroatoms. The Morgan fingerprint density at radius 1 is 1.38 bits per heavy atom. The van der Waals surface area contributed by atoms with Crippen LogP contribution in [0.25, 0.3) is 0 Å². The lowest BCUT2D eigenvalue weighted by Crippen LogP contribution is -2.19. The molecule has 88 valence electrons. The molecule has 0 aromatic heterocycles. The van der Waals surface area contributed by atoms with Crippen molar-refractivity contribution in [2.75, 3.05) is 0 Å². The van der Waals surface area contributed by atoms with Gasteiger partial charge in [0.1, 0.15) is 16.8 Å². The van der Waals surface area contributed by atoms with Crippen LogP contribution in [-0.4, -0.2) is 15.2 Å². The van der Waals surface area contributed by atoms with Gasteiger partial charge in [-0.1, -0.05) is 12.1 Å². The normalized spacial score (nSPS) is 14.3. The highest BCUT2D eigenvalue weighted by Gasteiger charge is 2.18. The van der Waals surface area contributed by atoms with Gasteiger partial charge in [-0.2, -0.15) is 4.40 Å². The van der Waals surface area contributed by atoms with Gasteiger partial charge in [-0.05, 0) is 44.9 Å². The Morgan fingerprint density at radius 3 is 2.50 bits per heavy atom. The van der Waals surface area contributed by atoms with Gasteiger partial charge in [-0.3, -0.25) is 0 Å². The summed E-state index contributed by atoms with van der Waals surface area (Å²) in [4.78, 5) is 0. The van der Waals surface area contributed by atoms with Crippen LogP contribution in [0.5, 0.6) is 0 Å². The molecule has 1 atom stereocenters. The van der Waals surface area contributed by atoms with Crippen LogP contribution in [0.2, 0.25) is 0 Å². The number of hydrogen-bond acceptors (Lipinski definition) is 1. The first-order chi connectivity index (χ1) is 7.30. The molecule has 0 amide bonds. The van der Waals surface area contributed by atoms with Crippen molar-refractivity contribution in [2.45, 2.75) is 32.4 Å². The molecular weight excluding hydrogens is 225 g/mol. The zero-order valence-electron chi connectivity index (χ0n) is 9.95. The minimum atomic E-state index is -1.30. The highest BCUT2D eigenvalue weighted by atomic mass is 32.2. The van der Waals surface area contributed by atoms with Crippen molar-refractivity contribution in [3.63, 3.8) is 0 Å². The Bertz CT molecular complexity index is 435. The number of aryl methyl sites for hydroxylation is 1.